The number of ether oxygens (including phenoxy) is 1. The van der Waals surface area contributed by atoms with E-state index in [9.17, 15) is 9.59 Å². The molecule has 2 amide bonds. The van der Waals surface area contributed by atoms with E-state index in [-0.39, 0.29) is 18.4 Å². The zero-order valence-electron chi connectivity index (χ0n) is 12.7. The molecule has 118 valence electrons. The third-order valence-corrected chi connectivity index (χ3v) is 4.24. The van der Waals surface area contributed by atoms with Gasteiger partial charge in [-0.25, -0.2) is 0 Å². The predicted octanol–water partition coefficient (Wildman–Crippen LogP) is 3.26. The van der Waals surface area contributed by atoms with Crippen molar-refractivity contribution in [3.05, 3.63) is 52.5 Å². The summed E-state index contributed by atoms with van der Waals surface area (Å²) in [7, 11) is 1.66. The van der Waals surface area contributed by atoms with Crippen molar-refractivity contribution in [2.24, 2.45) is 0 Å². The van der Waals surface area contributed by atoms with Crippen LogP contribution < -0.4 is 15.0 Å². The van der Waals surface area contributed by atoms with Crippen LogP contribution in [0.15, 0.2) is 36.4 Å². The Hall–Kier alpha value is -2.53. The Morgan fingerprint density at radius 1 is 1.26 bits per heavy atom. The van der Waals surface area contributed by atoms with E-state index < -0.39 is 0 Å². The maximum Gasteiger partial charge on any atom is 0.264 e. The zero-order valence-corrected chi connectivity index (χ0v) is 13.5. The molecule has 5 nitrogen and oxygen atoms in total. The molecule has 0 saturated heterocycles. The summed E-state index contributed by atoms with van der Waals surface area (Å²) >= 11 is 6.07. The molecule has 0 atom stereocenters. The highest BCUT2D eigenvalue weighted by Crippen LogP contribution is 2.35. The van der Waals surface area contributed by atoms with Gasteiger partial charge in [0.05, 0.1) is 11.3 Å². The molecule has 0 spiro atoms. The van der Waals surface area contributed by atoms with Gasteiger partial charge < -0.3 is 15.0 Å². The molecule has 1 aliphatic heterocycles. The summed E-state index contributed by atoms with van der Waals surface area (Å²) in [6.45, 7) is 1.76. The van der Waals surface area contributed by atoms with Gasteiger partial charge in [-0.15, -0.1) is 0 Å². The molecule has 0 saturated carbocycles. The molecule has 1 heterocycles. The van der Waals surface area contributed by atoms with E-state index in [1.54, 1.807) is 43.4 Å². The summed E-state index contributed by atoms with van der Waals surface area (Å²) in [5, 5.41) is 3.42. The normalized spacial score (nSPS) is 13.3. The summed E-state index contributed by atoms with van der Waals surface area (Å²) in [6, 6.07) is 10.4. The molecule has 0 aliphatic carbocycles. The van der Waals surface area contributed by atoms with Crippen molar-refractivity contribution < 1.29 is 14.3 Å². The molecule has 23 heavy (non-hydrogen) atoms. The Morgan fingerprint density at radius 3 is 2.78 bits per heavy atom. The Balaban J connectivity index is 1.95. The Bertz CT molecular complexity index is 804. The van der Waals surface area contributed by atoms with Crippen molar-refractivity contribution in [2.75, 3.05) is 23.9 Å². The van der Waals surface area contributed by atoms with E-state index in [4.69, 9.17) is 16.3 Å². The third kappa shape index (κ3) is 2.75. The molecule has 0 aromatic heterocycles. The van der Waals surface area contributed by atoms with Crippen molar-refractivity contribution in [2.45, 2.75) is 6.92 Å². The summed E-state index contributed by atoms with van der Waals surface area (Å²) in [5.74, 6) is -0.0532. The average molecular weight is 331 g/mol. The molecule has 0 radical (unpaired) electrons. The summed E-state index contributed by atoms with van der Waals surface area (Å²) in [4.78, 5) is 25.8. The number of nitrogens with zero attached hydrogens (tertiary/aromatic N) is 1. The van der Waals surface area contributed by atoms with Crippen LogP contribution in [0.1, 0.15) is 15.9 Å². The van der Waals surface area contributed by atoms with E-state index in [0.29, 0.717) is 27.7 Å². The molecule has 2 aromatic rings. The SMILES string of the molecule is Cc1c(Cl)cccc1NC(=O)c1cccc2c1OCC(=O)N2C. The van der Waals surface area contributed by atoms with Crippen molar-refractivity contribution in [1.29, 1.82) is 0 Å². The van der Waals surface area contributed by atoms with E-state index >= 15 is 0 Å². The number of benzene rings is 2. The number of hydrogen-bond donors (Lipinski definition) is 1. The number of fused-ring (bicyclic) bond motifs is 1. The topological polar surface area (TPSA) is 58.6 Å². The Kier molecular flexibility index (Phi) is 3.96. The molecule has 0 unspecified atom stereocenters. The number of anilines is 2. The predicted molar refractivity (Wildman–Crippen MR) is 89.5 cm³/mol. The van der Waals surface area contributed by atoms with Gasteiger partial charge in [-0.1, -0.05) is 23.7 Å². The quantitative estimate of drug-likeness (QED) is 0.919. The van der Waals surface area contributed by atoms with Gasteiger partial charge in [-0.3, -0.25) is 9.59 Å². The van der Waals surface area contributed by atoms with Crippen LogP contribution in [0.4, 0.5) is 11.4 Å². The van der Waals surface area contributed by atoms with Gasteiger partial charge in [-0.05, 0) is 36.8 Å². The fraction of sp³-hybridized carbons (Fsp3) is 0.176. The highest BCUT2D eigenvalue weighted by atomic mass is 35.5. The second kappa shape index (κ2) is 5.93. The average Bonchev–Trinajstić information content (AvgIpc) is 2.55. The number of nitrogens with one attached hydrogen (secondary N) is 1. The van der Waals surface area contributed by atoms with Crippen LogP contribution in [0.3, 0.4) is 0 Å². The number of para-hydroxylation sites is 1. The first-order valence-electron chi connectivity index (χ1n) is 7.08. The number of carbonyl (C=O) groups is 2. The lowest BCUT2D eigenvalue weighted by Gasteiger charge is -2.27. The molecule has 1 N–H and O–H groups in total. The fourth-order valence-corrected chi connectivity index (χ4v) is 2.59. The number of halogens is 1. The van der Waals surface area contributed by atoms with Crippen LogP contribution >= 0.6 is 11.6 Å². The van der Waals surface area contributed by atoms with Crippen molar-refractivity contribution in [1.82, 2.24) is 0 Å². The van der Waals surface area contributed by atoms with Gasteiger partial charge >= 0.3 is 0 Å². The molecule has 0 fully saturated rings. The van der Waals surface area contributed by atoms with Crippen LogP contribution in [0.2, 0.25) is 5.02 Å². The summed E-state index contributed by atoms with van der Waals surface area (Å²) < 4.78 is 5.47. The maximum atomic E-state index is 12.6. The highest BCUT2D eigenvalue weighted by Gasteiger charge is 2.26. The van der Waals surface area contributed by atoms with Crippen LogP contribution in [-0.2, 0) is 4.79 Å². The Labute approximate surface area is 138 Å². The van der Waals surface area contributed by atoms with Crippen LogP contribution in [0, 0.1) is 6.92 Å². The number of likely N-dealkylation sites (N-methyl/N-ethyl adjacent to an activating group) is 1. The first-order valence-corrected chi connectivity index (χ1v) is 7.45. The standard InChI is InChI=1S/C17H15ClN2O3/c1-10-12(18)6-4-7-13(10)19-17(22)11-5-3-8-14-16(11)23-9-15(21)20(14)2/h3-8H,9H2,1-2H3,(H,19,22). The van der Waals surface area contributed by atoms with Crippen molar-refractivity contribution >= 4 is 34.8 Å². The minimum Gasteiger partial charge on any atom is -0.481 e. The lowest BCUT2D eigenvalue weighted by atomic mass is 10.1. The summed E-state index contributed by atoms with van der Waals surface area (Å²) in [5.41, 5.74) is 2.39. The Morgan fingerprint density at radius 2 is 2.00 bits per heavy atom. The van der Waals surface area contributed by atoms with E-state index in [1.165, 1.54) is 4.90 Å². The van der Waals surface area contributed by atoms with Crippen molar-refractivity contribution in [3.63, 3.8) is 0 Å². The molecule has 2 aromatic carbocycles. The summed E-state index contributed by atoms with van der Waals surface area (Å²) in [6.07, 6.45) is 0. The van der Waals surface area contributed by atoms with Gasteiger partial charge in [0.1, 0.15) is 0 Å². The number of hydrogen-bond acceptors (Lipinski definition) is 3. The third-order valence-electron chi connectivity index (χ3n) is 3.83. The number of rotatable bonds is 2. The van der Waals surface area contributed by atoms with E-state index in [0.717, 1.165) is 5.56 Å². The van der Waals surface area contributed by atoms with Crippen LogP contribution in [0.25, 0.3) is 0 Å². The minimum atomic E-state index is -0.310. The highest BCUT2D eigenvalue weighted by molar-refractivity contribution is 6.31. The second-order valence-electron chi connectivity index (χ2n) is 5.26. The maximum absolute atomic E-state index is 12.6. The molecule has 6 heteroatoms. The lowest BCUT2D eigenvalue weighted by molar-refractivity contribution is -0.121. The lowest BCUT2D eigenvalue weighted by Crippen LogP contribution is -2.36. The van der Waals surface area contributed by atoms with E-state index in [2.05, 4.69) is 5.32 Å². The van der Waals surface area contributed by atoms with Gasteiger partial charge in [0.25, 0.3) is 11.8 Å². The molecule has 0 bridgehead atoms. The molecular weight excluding hydrogens is 316 g/mol. The smallest absolute Gasteiger partial charge is 0.264 e. The largest absolute Gasteiger partial charge is 0.481 e. The zero-order chi connectivity index (χ0) is 16.6. The van der Waals surface area contributed by atoms with Crippen molar-refractivity contribution in [3.8, 4) is 5.75 Å². The number of carbonyl (C=O) groups excluding carboxylic acids is 2. The second-order valence-corrected chi connectivity index (χ2v) is 5.67. The van der Waals surface area contributed by atoms with Gasteiger partial charge in [0.2, 0.25) is 0 Å². The first kappa shape index (κ1) is 15.4. The van der Waals surface area contributed by atoms with Gasteiger partial charge in [-0.2, -0.15) is 0 Å². The van der Waals surface area contributed by atoms with Crippen LogP contribution in [-0.4, -0.2) is 25.5 Å². The number of amides is 2. The minimum absolute atomic E-state index is 0.0794. The monoisotopic (exact) mass is 330 g/mol. The van der Waals surface area contributed by atoms with Gasteiger partial charge in [0.15, 0.2) is 12.4 Å². The fourth-order valence-electron chi connectivity index (χ4n) is 2.42. The molecular formula is C17H15ClN2O3. The molecule has 3 rings (SSSR count). The first-order chi connectivity index (χ1) is 11.0. The van der Waals surface area contributed by atoms with Crippen LogP contribution in [0.5, 0.6) is 5.75 Å². The van der Waals surface area contributed by atoms with Gasteiger partial charge in [0, 0.05) is 17.8 Å². The molecule has 1 aliphatic rings. The van der Waals surface area contributed by atoms with E-state index in [1.807, 2.05) is 6.92 Å².